The third-order valence-corrected chi connectivity index (χ3v) is 5.40. The Morgan fingerprint density at radius 1 is 0.615 bits per heavy atom. The predicted octanol–water partition coefficient (Wildman–Crippen LogP) is 3.57. The third kappa shape index (κ3) is 1.04. The second-order valence-corrected chi connectivity index (χ2v) is 6.21. The number of fused-ring (bicyclic) bond motifs is 2. The molecule has 0 heteroatoms. The van der Waals surface area contributed by atoms with Gasteiger partial charge in [-0.15, -0.1) is 0 Å². The Hall–Kier alpha value is 0. The first kappa shape index (κ1) is 8.32. The zero-order valence-corrected chi connectivity index (χ0v) is 9.16. The van der Waals surface area contributed by atoms with Gasteiger partial charge in [0.1, 0.15) is 0 Å². The Bertz CT molecular complexity index is 206. The Kier molecular flexibility index (Phi) is 1.61. The molecule has 3 aliphatic carbocycles. The van der Waals surface area contributed by atoms with Crippen LogP contribution in [-0.2, 0) is 0 Å². The van der Waals surface area contributed by atoms with Crippen LogP contribution in [0.3, 0.4) is 0 Å². The van der Waals surface area contributed by atoms with Crippen LogP contribution in [-0.4, -0.2) is 0 Å². The first-order chi connectivity index (χ1) is 6.18. The van der Waals surface area contributed by atoms with Gasteiger partial charge in [-0.25, -0.2) is 0 Å². The molecular formula is C13H22. The summed E-state index contributed by atoms with van der Waals surface area (Å²) in [6.07, 6.45) is 4.65. The van der Waals surface area contributed by atoms with E-state index in [2.05, 4.69) is 20.8 Å². The maximum atomic E-state index is 2.50. The van der Waals surface area contributed by atoms with Crippen LogP contribution < -0.4 is 0 Å². The highest BCUT2D eigenvalue weighted by atomic mass is 14.6. The number of hydrogen-bond acceptors (Lipinski definition) is 0. The molecule has 0 aromatic rings. The van der Waals surface area contributed by atoms with E-state index in [1.807, 2.05) is 0 Å². The van der Waals surface area contributed by atoms with E-state index in [0.29, 0.717) is 0 Å². The van der Waals surface area contributed by atoms with Crippen molar-refractivity contribution in [2.75, 3.05) is 0 Å². The maximum absolute atomic E-state index is 2.50. The maximum Gasteiger partial charge on any atom is -0.0321 e. The second-order valence-electron chi connectivity index (χ2n) is 6.21. The van der Waals surface area contributed by atoms with E-state index in [9.17, 15) is 0 Å². The first-order valence-electron chi connectivity index (χ1n) is 6.18. The first-order valence-corrected chi connectivity index (χ1v) is 6.18. The smallest absolute Gasteiger partial charge is 0.0321 e. The lowest BCUT2D eigenvalue weighted by molar-refractivity contribution is -0.0808. The molecule has 0 aromatic heterocycles. The van der Waals surface area contributed by atoms with Crippen LogP contribution in [0.4, 0.5) is 0 Å². The number of rotatable bonds is 1. The molecule has 6 unspecified atom stereocenters. The van der Waals surface area contributed by atoms with Crippen molar-refractivity contribution in [2.24, 2.45) is 41.4 Å². The summed E-state index contributed by atoms with van der Waals surface area (Å²) in [6.45, 7) is 7.45. The van der Waals surface area contributed by atoms with Gasteiger partial charge < -0.3 is 0 Å². The van der Waals surface area contributed by atoms with E-state index in [-0.39, 0.29) is 0 Å². The molecule has 0 aromatic carbocycles. The Morgan fingerprint density at radius 3 is 1.38 bits per heavy atom. The molecule has 3 aliphatic rings. The van der Waals surface area contributed by atoms with Crippen LogP contribution in [0, 0.1) is 41.4 Å². The molecule has 0 saturated heterocycles. The highest BCUT2D eigenvalue weighted by Crippen LogP contribution is 2.64. The Morgan fingerprint density at radius 2 is 1.00 bits per heavy atom. The van der Waals surface area contributed by atoms with Gasteiger partial charge in [0.15, 0.2) is 0 Å². The summed E-state index contributed by atoms with van der Waals surface area (Å²) in [5.41, 5.74) is 0. The van der Waals surface area contributed by atoms with Crippen LogP contribution >= 0.6 is 0 Å². The lowest BCUT2D eigenvalue weighted by Gasteiger charge is -2.57. The zero-order valence-electron chi connectivity index (χ0n) is 9.16. The van der Waals surface area contributed by atoms with Crippen molar-refractivity contribution in [1.29, 1.82) is 0 Å². The summed E-state index contributed by atoms with van der Waals surface area (Å²) < 4.78 is 0. The van der Waals surface area contributed by atoms with Gasteiger partial charge in [0.25, 0.3) is 0 Å². The van der Waals surface area contributed by atoms with E-state index < -0.39 is 0 Å². The van der Waals surface area contributed by atoms with Gasteiger partial charge in [0.05, 0.1) is 0 Å². The average molecular weight is 178 g/mol. The third-order valence-electron chi connectivity index (χ3n) is 5.40. The van der Waals surface area contributed by atoms with E-state index in [4.69, 9.17) is 0 Å². The van der Waals surface area contributed by atoms with Gasteiger partial charge >= 0.3 is 0 Å². The van der Waals surface area contributed by atoms with Gasteiger partial charge in [-0.3, -0.25) is 0 Å². The number of hydrogen-bond donors (Lipinski definition) is 0. The van der Waals surface area contributed by atoms with E-state index in [1.54, 1.807) is 12.8 Å². The van der Waals surface area contributed by atoms with Crippen molar-refractivity contribution in [3.63, 3.8) is 0 Å². The second kappa shape index (κ2) is 2.52. The van der Waals surface area contributed by atoms with Crippen molar-refractivity contribution in [2.45, 2.75) is 40.0 Å². The van der Waals surface area contributed by atoms with Crippen molar-refractivity contribution in [3.8, 4) is 0 Å². The highest BCUT2D eigenvalue weighted by molar-refractivity contribution is 5.06. The summed E-state index contributed by atoms with van der Waals surface area (Å²) in [5.74, 6) is 7.73. The van der Waals surface area contributed by atoms with Gasteiger partial charge in [-0.2, -0.15) is 0 Å². The van der Waals surface area contributed by atoms with E-state index >= 15 is 0 Å². The molecule has 0 N–H and O–H groups in total. The molecule has 74 valence electrons. The van der Waals surface area contributed by atoms with Crippen molar-refractivity contribution < 1.29 is 0 Å². The molecule has 0 heterocycles. The fourth-order valence-electron chi connectivity index (χ4n) is 4.43. The molecule has 13 heavy (non-hydrogen) atoms. The van der Waals surface area contributed by atoms with Crippen LogP contribution in [0.2, 0.25) is 0 Å². The summed E-state index contributed by atoms with van der Waals surface area (Å²) in [6, 6.07) is 0. The Labute approximate surface area is 82.1 Å². The molecule has 2 bridgehead atoms. The van der Waals surface area contributed by atoms with Gasteiger partial charge in [-0.1, -0.05) is 20.8 Å². The quantitative estimate of drug-likeness (QED) is 0.576. The molecule has 0 amide bonds. The summed E-state index contributed by atoms with van der Waals surface area (Å²) in [5, 5.41) is 0. The minimum absolute atomic E-state index is 1.04. The SMILES string of the molecule is CC1CC1C1C2CC1C(C)CC2C. The van der Waals surface area contributed by atoms with Crippen molar-refractivity contribution in [3.05, 3.63) is 0 Å². The minimum atomic E-state index is 1.04. The van der Waals surface area contributed by atoms with E-state index in [0.717, 1.165) is 41.4 Å². The summed E-state index contributed by atoms with van der Waals surface area (Å²) in [7, 11) is 0. The molecular weight excluding hydrogens is 156 g/mol. The monoisotopic (exact) mass is 178 g/mol. The topological polar surface area (TPSA) is 0 Å². The minimum Gasteiger partial charge on any atom is -0.0622 e. The van der Waals surface area contributed by atoms with Gasteiger partial charge in [0, 0.05) is 0 Å². The van der Waals surface area contributed by atoms with Gasteiger partial charge in [-0.05, 0) is 60.7 Å². The van der Waals surface area contributed by atoms with Crippen LogP contribution in [0.25, 0.3) is 0 Å². The van der Waals surface area contributed by atoms with Crippen molar-refractivity contribution >= 4 is 0 Å². The highest BCUT2D eigenvalue weighted by Gasteiger charge is 2.57. The molecule has 3 saturated carbocycles. The standard InChI is InChI=1S/C13H22/c1-7-4-8(2)12-6-11(7)13(12)10-5-9(10)3/h7-13H,4-6H2,1-3H3. The van der Waals surface area contributed by atoms with Crippen LogP contribution in [0.1, 0.15) is 40.0 Å². The summed E-state index contributed by atoms with van der Waals surface area (Å²) in [4.78, 5) is 0. The summed E-state index contributed by atoms with van der Waals surface area (Å²) >= 11 is 0. The van der Waals surface area contributed by atoms with Crippen LogP contribution in [0.15, 0.2) is 0 Å². The Balaban J connectivity index is 1.76. The van der Waals surface area contributed by atoms with E-state index in [1.165, 1.54) is 6.42 Å². The molecule has 0 radical (unpaired) electrons. The van der Waals surface area contributed by atoms with Crippen molar-refractivity contribution in [1.82, 2.24) is 0 Å². The molecule has 0 aliphatic heterocycles. The molecule has 3 rings (SSSR count). The largest absolute Gasteiger partial charge is 0.0622 e. The fraction of sp³-hybridized carbons (Fsp3) is 1.00. The normalized spacial score (nSPS) is 64.4. The molecule has 3 fully saturated rings. The molecule has 0 spiro atoms. The zero-order chi connectivity index (χ0) is 9.16. The lowest BCUT2D eigenvalue weighted by atomic mass is 9.48. The lowest BCUT2D eigenvalue weighted by Crippen LogP contribution is -2.50. The fourth-order valence-corrected chi connectivity index (χ4v) is 4.43. The predicted molar refractivity (Wildman–Crippen MR) is 55.3 cm³/mol. The average Bonchev–Trinajstić information content (AvgIpc) is 2.62. The van der Waals surface area contributed by atoms with Gasteiger partial charge in [0.2, 0.25) is 0 Å². The molecule has 6 atom stereocenters. The molecule has 0 nitrogen and oxygen atoms in total. The van der Waals surface area contributed by atoms with Crippen LogP contribution in [0.5, 0.6) is 0 Å².